The van der Waals surface area contributed by atoms with E-state index in [1.807, 2.05) is 12.3 Å². The van der Waals surface area contributed by atoms with E-state index in [4.69, 9.17) is 0 Å². The molecule has 0 saturated heterocycles. The lowest BCUT2D eigenvalue weighted by Gasteiger charge is -2.35. The van der Waals surface area contributed by atoms with Crippen LogP contribution >= 0.6 is 12.6 Å². The summed E-state index contributed by atoms with van der Waals surface area (Å²) < 4.78 is 0. The van der Waals surface area contributed by atoms with Crippen molar-refractivity contribution in [3.8, 4) is 0 Å². The minimum absolute atomic E-state index is 0.266. The Morgan fingerprint density at radius 1 is 1.21 bits per heavy atom. The summed E-state index contributed by atoms with van der Waals surface area (Å²) in [6, 6.07) is 6.22. The maximum absolute atomic E-state index is 4.52. The van der Waals surface area contributed by atoms with Gasteiger partial charge in [0, 0.05) is 23.1 Å². The molecule has 0 radical (unpaired) electrons. The quantitative estimate of drug-likeness (QED) is 0.735. The number of aromatic nitrogens is 1. The zero-order valence-electron chi connectivity index (χ0n) is 8.45. The summed E-state index contributed by atoms with van der Waals surface area (Å²) in [7, 11) is 0. The third-order valence-corrected chi connectivity index (χ3v) is 3.93. The lowest BCUT2D eigenvalue weighted by atomic mass is 9.73. The predicted molar refractivity (Wildman–Crippen MR) is 62.9 cm³/mol. The maximum Gasteiger partial charge on any atom is 0.0473 e. The molecule has 0 unspecified atom stereocenters. The number of rotatable bonds is 2. The molecular formula is C12H17NS. The molecule has 0 atom stereocenters. The fourth-order valence-corrected chi connectivity index (χ4v) is 2.88. The molecule has 2 heteroatoms. The Hall–Kier alpha value is -0.500. The second-order valence-corrected chi connectivity index (χ2v) is 4.53. The highest BCUT2D eigenvalue weighted by Gasteiger charge is 2.33. The molecule has 0 N–H and O–H groups in total. The number of thiol groups is 1. The molecule has 76 valence electrons. The van der Waals surface area contributed by atoms with E-state index in [0.717, 1.165) is 5.75 Å². The number of nitrogens with zero attached hydrogens (tertiary/aromatic N) is 1. The normalized spacial score (nSPS) is 20.6. The van der Waals surface area contributed by atoms with Crippen LogP contribution in [0.1, 0.15) is 37.8 Å². The van der Waals surface area contributed by atoms with Crippen LogP contribution < -0.4 is 0 Å². The van der Waals surface area contributed by atoms with Crippen molar-refractivity contribution in [2.75, 3.05) is 5.75 Å². The van der Waals surface area contributed by atoms with Crippen LogP contribution in [-0.2, 0) is 5.41 Å². The molecule has 1 aromatic heterocycles. The molecule has 0 bridgehead atoms. The van der Waals surface area contributed by atoms with Gasteiger partial charge in [-0.2, -0.15) is 12.6 Å². The maximum atomic E-state index is 4.52. The molecule has 0 aromatic carbocycles. The molecule has 1 nitrogen and oxygen atoms in total. The van der Waals surface area contributed by atoms with E-state index in [1.165, 1.54) is 37.8 Å². The van der Waals surface area contributed by atoms with Gasteiger partial charge in [-0.1, -0.05) is 25.3 Å². The Morgan fingerprint density at radius 2 is 2.00 bits per heavy atom. The van der Waals surface area contributed by atoms with E-state index in [9.17, 15) is 0 Å². The van der Waals surface area contributed by atoms with E-state index in [2.05, 4.69) is 29.7 Å². The van der Waals surface area contributed by atoms with Crippen LogP contribution in [0.25, 0.3) is 0 Å². The van der Waals surface area contributed by atoms with Crippen molar-refractivity contribution in [1.82, 2.24) is 4.98 Å². The average Bonchev–Trinajstić information content (AvgIpc) is 2.31. The fraction of sp³-hybridized carbons (Fsp3) is 0.583. The molecule has 0 amide bonds. The van der Waals surface area contributed by atoms with Crippen molar-refractivity contribution >= 4 is 12.6 Å². The van der Waals surface area contributed by atoms with Crippen molar-refractivity contribution in [3.05, 3.63) is 30.1 Å². The molecule has 14 heavy (non-hydrogen) atoms. The second-order valence-electron chi connectivity index (χ2n) is 4.21. The lowest BCUT2D eigenvalue weighted by molar-refractivity contribution is 0.319. The zero-order chi connectivity index (χ0) is 9.86. The van der Waals surface area contributed by atoms with Crippen LogP contribution in [0.4, 0.5) is 0 Å². The predicted octanol–water partition coefficient (Wildman–Crippen LogP) is 3.21. The van der Waals surface area contributed by atoms with Gasteiger partial charge in [-0.25, -0.2) is 0 Å². The highest BCUT2D eigenvalue weighted by atomic mass is 32.1. The first kappa shape index (κ1) is 10.0. The Bertz CT molecular complexity index is 278. The van der Waals surface area contributed by atoms with Crippen LogP contribution in [0.2, 0.25) is 0 Å². The van der Waals surface area contributed by atoms with Gasteiger partial charge in [-0.05, 0) is 25.0 Å². The first-order chi connectivity index (χ1) is 6.87. The Kier molecular flexibility index (Phi) is 3.12. The third kappa shape index (κ3) is 1.81. The Labute approximate surface area is 91.4 Å². The average molecular weight is 207 g/mol. The molecule has 2 rings (SSSR count). The number of hydrogen-bond acceptors (Lipinski definition) is 2. The summed E-state index contributed by atoms with van der Waals surface area (Å²) in [5.41, 5.74) is 1.51. The topological polar surface area (TPSA) is 12.9 Å². The first-order valence-electron chi connectivity index (χ1n) is 5.40. The smallest absolute Gasteiger partial charge is 0.0473 e. The van der Waals surface area contributed by atoms with Crippen molar-refractivity contribution in [3.63, 3.8) is 0 Å². The van der Waals surface area contributed by atoms with Crippen LogP contribution in [0.15, 0.2) is 24.4 Å². The van der Waals surface area contributed by atoms with E-state index >= 15 is 0 Å². The summed E-state index contributed by atoms with van der Waals surface area (Å²) in [6.07, 6.45) is 8.45. The van der Waals surface area contributed by atoms with Gasteiger partial charge in [-0.3, -0.25) is 4.98 Å². The highest BCUT2D eigenvalue weighted by Crippen LogP contribution is 2.39. The molecule has 0 spiro atoms. The summed E-state index contributed by atoms with van der Waals surface area (Å²) >= 11 is 4.52. The fourth-order valence-electron chi connectivity index (χ4n) is 2.40. The standard InChI is InChI=1S/C12H17NS/c14-10-12(7-3-1-4-8-12)11-6-2-5-9-13-11/h2,5-6,9,14H,1,3-4,7-8,10H2. The summed E-state index contributed by atoms with van der Waals surface area (Å²) in [4.78, 5) is 4.50. The SMILES string of the molecule is SCC1(c2ccccn2)CCCCC1. The van der Waals surface area contributed by atoms with Gasteiger partial charge in [0.2, 0.25) is 0 Å². The van der Waals surface area contributed by atoms with Gasteiger partial charge < -0.3 is 0 Å². The summed E-state index contributed by atoms with van der Waals surface area (Å²) in [5, 5.41) is 0. The molecule has 0 aliphatic heterocycles. The van der Waals surface area contributed by atoms with Gasteiger partial charge in [0.05, 0.1) is 0 Å². The third-order valence-electron chi connectivity index (χ3n) is 3.32. The monoisotopic (exact) mass is 207 g/mol. The minimum Gasteiger partial charge on any atom is -0.261 e. The highest BCUT2D eigenvalue weighted by molar-refractivity contribution is 7.80. The Morgan fingerprint density at radius 3 is 2.57 bits per heavy atom. The Balaban J connectivity index is 2.27. The number of hydrogen-bond donors (Lipinski definition) is 1. The van der Waals surface area contributed by atoms with E-state index in [-0.39, 0.29) is 5.41 Å². The van der Waals surface area contributed by atoms with Crippen LogP contribution in [0.3, 0.4) is 0 Å². The van der Waals surface area contributed by atoms with Crippen molar-refractivity contribution in [1.29, 1.82) is 0 Å². The largest absolute Gasteiger partial charge is 0.261 e. The molecule has 1 fully saturated rings. The van der Waals surface area contributed by atoms with Crippen molar-refractivity contribution < 1.29 is 0 Å². The van der Waals surface area contributed by atoms with Crippen LogP contribution in [0.5, 0.6) is 0 Å². The lowest BCUT2D eigenvalue weighted by Crippen LogP contribution is -2.31. The molecule has 1 aliphatic rings. The minimum atomic E-state index is 0.266. The first-order valence-corrected chi connectivity index (χ1v) is 6.03. The zero-order valence-corrected chi connectivity index (χ0v) is 9.34. The molecule has 1 heterocycles. The van der Waals surface area contributed by atoms with Crippen molar-refractivity contribution in [2.24, 2.45) is 0 Å². The summed E-state index contributed by atoms with van der Waals surface area (Å²) in [6.45, 7) is 0. The van der Waals surface area contributed by atoms with Gasteiger partial charge >= 0.3 is 0 Å². The summed E-state index contributed by atoms with van der Waals surface area (Å²) in [5.74, 6) is 0.935. The molecule has 1 aliphatic carbocycles. The van der Waals surface area contributed by atoms with E-state index in [1.54, 1.807) is 0 Å². The van der Waals surface area contributed by atoms with Crippen LogP contribution in [0, 0.1) is 0 Å². The molecular weight excluding hydrogens is 190 g/mol. The van der Waals surface area contributed by atoms with Crippen LogP contribution in [-0.4, -0.2) is 10.7 Å². The van der Waals surface area contributed by atoms with Gasteiger partial charge in [-0.15, -0.1) is 0 Å². The van der Waals surface area contributed by atoms with Gasteiger partial charge in [0.1, 0.15) is 0 Å². The van der Waals surface area contributed by atoms with E-state index < -0.39 is 0 Å². The molecule has 1 saturated carbocycles. The van der Waals surface area contributed by atoms with E-state index in [0.29, 0.717) is 0 Å². The second kappa shape index (κ2) is 4.35. The number of pyridine rings is 1. The van der Waals surface area contributed by atoms with Crippen molar-refractivity contribution in [2.45, 2.75) is 37.5 Å². The van der Waals surface area contributed by atoms with Gasteiger partial charge in [0.25, 0.3) is 0 Å². The molecule has 1 aromatic rings. The van der Waals surface area contributed by atoms with Gasteiger partial charge in [0.15, 0.2) is 0 Å².